The van der Waals surface area contributed by atoms with E-state index in [2.05, 4.69) is 4.98 Å². The second kappa shape index (κ2) is 7.92. The molecule has 156 valence electrons. The predicted molar refractivity (Wildman–Crippen MR) is 123 cm³/mol. The monoisotopic (exact) mass is 421 g/mol. The maximum absolute atomic E-state index is 9.83. The topological polar surface area (TPSA) is 91.4 Å². The van der Waals surface area contributed by atoms with Gasteiger partial charge in [-0.15, -0.1) is 0 Å². The molecular formula is C26H19N3O3. The van der Waals surface area contributed by atoms with E-state index >= 15 is 0 Å². The van der Waals surface area contributed by atoms with Crippen molar-refractivity contribution in [1.82, 2.24) is 14.8 Å². The van der Waals surface area contributed by atoms with Crippen molar-refractivity contribution in [3.05, 3.63) is 97.2 Å². The number of hydrogen-bond donors (Lipinski definition) is 3. The normalized spacial score (nSPS) is 10.9. The number of hydrogen-bond acceptors (Lipinski definition) is 5. The molecule has 6 nitrogen and oxygen atoms in total. The van der Waals surface area contributed by atoms with Gasteiger partial charge in [0.15, 0.2) is 5.82 Å². The molecule has 0 atom stereocenters. The summed E-state index contributed by atoms with van der Waals surface area (Å²) in [5.41, 5.74) is 4.85. The van der Waals surface area contributed by atoms with E-state index in [-0.39, 0.29) is 17.2 Å². The maximum Gasteiger partial charge on any atom is 0.154 e. The Kier molecular flexibility index (Phi) is 4.80. The van der Waals surface area contributed by atoms with Crippen LogP contribution in [-0.2, 0) is 0 Å². The smallest absolute Gasteiger partial charge is 0.154 e. The van der Waals surface area contributed by atoms with Gasteiger partial charge in [0.2, 0.25) is 0 Å². The summed E-state index contributed by atoms with van der Waals surface area (Å²) < 4.78 is 1.77. The second-order valence-electron chi connectivity index (χ2n) is 7.31. The van der Waals surface area contributed by atoms with Crippen molar-refractivity contribution in [3.8, 4) is 56.7 Å². The Morgan fingerprint density at radius 1 is 0.562 bits per heavy atom. The van der Waals surface area contributed by atoms with E-state index in [0.717, 1.165) is 27.9 Å². The molecule has 0 aliphatic heterocycles. The van der Waals surface area contributed by atoms with E-state index in [1.165, 1.54) is 0 Å². The highest BCUT2D eigenvalue weighted by molar-refractivity contribution is 5.92. The highest BCUT2D eigenvalue weighted by Gasteiger charge is 2.23. The van der Waals surface area contributed by atoms with Crippen molar-refractivity contribution < 1.29 is 15.3 Å². The summed E-state index contributed by atoms with van der Waals surface area (Å²) in [4.78, 5) is 4.49. The number of phenolic OH excluding ortho intramolecular Hbond substituents is 3. The van der Waals surface area contributed by atoms with Crippen molar-refractivity contribution in [3.63, 3.8) is 0 Å². The summed E-state index contributed by atoms with van der Waals surface area (Å²) in [7, 11) is 0. The van der Waals surface area contributed by atoms with Crippen LogP contribution in [0.2, 0.25) is 0 Å². The molecule has 32 heavy (non-hydrogen) atoms. The molecule has 0 spiro atoms. The lowest BCUT2D eigenvalue weighted by Gasteiger charge is -2.11. The molecule has 3 N–H and O–H groups in total. The largest absolute Gasteiger partial charge is 0.508 e. The zero-order chi connectivity index (χ0) is 22.1. The molecule has 0 radical (unpaired) electrons. The zero-order valence-electron chi connectivity index (χ0n) is 16.9. The van der Waals surface area contributed by atoms with Crippen LogP contribution in [0.3, 0.4) is 0 Å². The van der Waals surface area contributed by atoms with Crippen LogP contribution in [-0.4, -0.2) is 30.1 Å². The minimum Gasteiger partial charge on any atom is -0.508 e. The van der Waals surface area contributed by atoms with Crippen LogP contribution in [0.15, 0.2) is 97.2 Å². The van der Waals surface area contributed by atoms with Gasteiger partial charge in [-0.25, -0.2) is 9.67 Å². The lowest BCUT2D eigenvalue weighted by atomic mass is 9.95. The van der Waals surface area contributed by atoms with Gasteiger partial charge < -0.3 is 15.3 Å². The minimum atomic E-state index is 0.169. The standard InChI is InChI=1S/C26H19N3O3/c30-20-10-4-17(5-11-20)24-25(18-6-12-21(31)13-7-18)28-29(23-3-1-2-16-27-23)26(24)19-8-14-22(32)15-9-19/h1-16,30-32H. The second-order valence-corrected chi connectivity index (χ2v) is 7.31. The Labute approximate surface area is 184 Å². The third kappa shape index (κ3) is 3.54. The first-order chi connectivity index (χ1) is 15.6. The van der Waals surface area contributed by atoms with E-state index < -0.39 is 0 Å². The van der Waals surface area contributed by atoms with Crippen molar-refractivity contribution in [1.29, 1.82) is 0 Å². The number of aromatic nitrogens is 3. The summed E-state index contributed by atoms with van der Waals surface area (Å²) in [5.74, 6) is 1.15. The summed E-state index contributed by atoms with van der Waals surface area (Å²) in [6.45, 7) is 0. The predicted octanol–water partition coefficient (Wildman–Crippen LogP) is 5.39. The Morgan fingerprint density at radius 3 is 1.62 bits per heavy atom. The van der Waals surface area contributed by atoms with Crippen molar-refractivity contribution in [2.24, 2.45) is 0 Å². The van der Waals surface area contributed by atoms with Gasteiger partial charge >= 0.3 is 0 Å². The summed E-state index contributed by atoms with van der Waals surface area (Å²) >= 11 is 0. The minimum absolute atomic E-state index is 0.169. The number of rotatable bonds is 4. The summed E-state index contributed by atoms with van der Waals surface area (Å²) in [6.07, 6.45) is 1.71. The van der Waals surface area contributed by atoms with Gasteiger partial charge in [0.05, 0.1) is 5.69 Å². The van der Waals surface area contributed by atoms with Crippen LogP contribution in [0, 0.1) is 0 Å². The van der Waals surface area contributed by atoms with Crippen LogP contribution in [0.5, 0.6) is 17.2 Å². The van der Waals surface area contributed by atoms with Crippen LogP contribution in [0.25, 0.3) is 39.5 Å². The van der Waals surface area contributed by atoms with E-state index in [1.54, 1.807) is 47.3 Å². The van der Waals surface area contributed by atoms with Gasteiger partial charge in [0.1, 0.15) is 22.9 Å². The van der Waals surface area contributed by atoms with Crippen LogP contribution < -0.4 is 0 Å². The lowest BCUT2D eigenvalue weighted by Crippen LogP contribution is -2.01. The van der Waals surface area contributed by atoms with Gasteiger partial charge in [-0.05, 0) is 78.4 Å². The molecule has 2 heterocycles. The fraction of sp³-hybridized carbons (Fsp3) is 0. The van der Waals surface area contributed by atoms with Crippen molar-refractivity contribution in [2.75, 3.05) is 0 Å². The fourth-order valence-corrected chi connectivity index (χ4v) is 3.67. The van der Waals surface area contributed by atoms with E-state index in [9.17, 15) is 15.3 Å². The van der Waals surface area contributed by atoms with Crippen LogP contribution >= 0.6 is 0 Å². The molecule has 5 aromatic rings. The molecule has 2 aromatic heterocycles. The molecule has 0 saturated carbocycles. The number of aromatic hydroxyl groups is 3. The zero-order valence-corrected chi connectivity index (χ0v) is 16.9. The average Bonchev–Trinajstić information content (AvgIpc) is 3.22. The highest BCUT2D eigenvalue weighted by atomic mass is 16.3. The molecule has 0 bridgehead atoms. The van der Waals surface area contributed by atoms with Crippen molar-refractivity contribution >= 4 is 0 Å². The molecule has 0 aliphatic carbocycles. The molecule has 0 amide bonds. The molecule has 6 heteroatoms. The van der Waals surface area contributed by atoms with Gasteiger partial charge in [-0.3, -0.25) is 0 Å². The Bertz CT molecular complexity index is 1360. The number of benzene rings is 3. The Hall–Kier alpha value is -4.58. The van der Waals surface area contributed by atoms with Crippen LogP contribution in [0.4, 0.5) is 0 Å². The molecule has 0 fully saturated rings. The van der Waals surface area contributed by atoms with Crippen LogP contribution in [0.1, 0.15) is 0 Å². The number of pyridine rings is 1. The molecule has 0 unspecified atom stereocenters. The third-order valence-electron chi connectivity index (χ3n) is 5.19. The molecule has 0 saturated heterocycles. The molecule has 0 aliphatic rings. The number of phenols is 3. The Morgan fingerprint density at radius 2 is 1.09 bits per heavy atom. The first kappa shape index (κ1) is 19.4. The van der Waals surface area contributed by atoms with Gasteiger partial charge in [0, 0.05) is 22.9 Å². The van der Waals surface area contributed by atoms with Crippen molar-refractivity contribution in [2.45, 2.75) is 0 Å². The van der Waals surface area contributed by atoms with E-state index in [4.69, 9.17) is 5.10 Å². The van der Waals surface area contributed by atoms with Gasteiger partial charge in [-0.1, -0.05) is 18.2 Å². The van der Waals surface area contributed by atoms with E-state index in [1.807, 2.05) is 54.6 Å². The summed E-state index contributed by atoms with van der Waals surface area (Å²) in [6, 6.07) is 26.3. The van der Waals surface area contributed by atoms with Gasteiger partial charge in [0.25, 0.3) is 0 Å². The average molecular weight is 421 g/mol. The van der Waals surface area contributed by atoms with Gasteiger partial charge in [-0.2, -0.15) is 5.10 Å². The quantitative estimate of drug-likeness (QED) is 0.362. The maximum atomic E-state index is 9.83. The highest BCUT2D eigenvalue weighted by Crippen LogP contribution is 2.42. The SMILES string of the molecule is Oc1ccc(-c2nn(-c3ccccn3)c(-c3ccc(O)cc3)c2-c2ccc(O)cc2)cc1. The van der Waals surface area contributed by atoms with E-state index in [0.29, 0.717) is 11.5 Å². The third-order valence-corrected chi connectivity index (χ3v) is 5.19. The first-order valence-electron chi connectivity index (χ1n) is 10.0. The molecule has 5 rings (SSSR count). The Balaban J connectivity index is 1.87. The molecule has 3 aromatic carbocycles. The molecular weight excluding hydrogens is 402 g/mol. The lowest BCUT2D eigenvalue weighted by molar-refractivity contribution is 0.475. The first-order valence-corrected chi connectivity index (χ1v) is 10.0. The summed E-state index contributed by atoms with van der Waals surface area (Å²) in [5, 5.41) is 34.4. The fourth-order valence-electron chi connectivity index (χ4n) is 3.67. The number of nitrogens with zero attached hydrogens (tertiary/aromatic N) is 3.